The quantitative estimate of drug-likeness (QED) is 0.0698. The number of rotatable bonds is 25. The standard InChI is InChI=1S/C23H50N2.C6H8O7/c1-5-7-8-9-10-11-12-13-14-15-16-17-18-19-20-21-22-24-23(6-2)25(3)4;7-3(8)1-6(13,5(11)12)2-4(9)10/h23-24H,5-22H2,1-4H3;13H,1-2H2,(H,7,8)(H,9,10)(H,11,12). The number of nitrogens with zero attached hydrogens (tertiary/aromatic N) is 1. The number of aliphatic carboxylic acids is 3. The Kier molecular flexibility index (Phi) is 25.9. The summed E-state index contributed by atoms with van der Waals surface area (Å²) in [6, 6.07) is 0. The van der Waals surface area contributed by atoms with E-state index in [1.807, 2.05) is 0 Å². The third kappa shape index (κ3) is 24.6. The predicted octanol–water partition coefficient (Wildman–Crippen LogP) is 5.89. The molecule has 5 N–H and O–H groups in total. The Balaban J connectivity index is 0. The van der Waals surface area contributed by atoms with Gasteiger partial charge in [-0.15, -0.1) is 0 Å². The van der Waals surface area contributed by atoms with Gasteiger partial charge in [-0.25, -0.2) is 4.79 Å². The number of hydrogen-bond donors (Lipinski definition) is 5. The van der Waals surface area contributed by atoms with E-state index in [0.29, 0.717) is 6.17 Å². The molecule has 1 unspecified atom stereocenters. The van der Waals surface area contributed by atoms with Crippen LogP contribution in [0.2, 0.25) is 0 Å². The highest BCUT2D eigenvalue weighted by molar-refractivity contribution is 5.88. The van der Waals surface area contributed by atoms with E-state index in [1.54, 1.807) is 0 Å². The molecule has 0 amide bonds. The zero-order chi connectivity index (χ0) is 29.2. The normalized spacial score (nSPS) is 12.2. The first kappa shape index (κ1) is 38.4. The van der Waals surface area contributed by atoms with E-state index < -0.39 is 36.4 Å². The maximum atomic E-state index is 10.3. The van der Waals surface area contributed by atoms with Gasteiger partial charge >= 0.3 is 17.9 Å². The molecule has 0 saturated carbocycles. The van der Waals surface area contributed by atoms with E-state index in [4.69, 9.17) is 20.4 Å². The van der Waals surface area contributed by atoms with Crippen LogP contribution >= 0.6 is 0 Å². The predicted molar refractivity (Wildman–Crippen MR) is 152 cm³/mol. The Morgan fingerprint density at radius 1 is 0.658 bits per heavy atom. The van der Waals surface area contributed by atoms with Crippen molar-refractivity contribution in [1.29, 1.82) is 0 Å². The number of carbonyl (C=O) groups is 3. The van der Waals surface area contributed by atoms with Gasteiger partial charge in [-0.3, -0.25) is 14.5 Å². The van der Waals surface area contributed by atoms with Crippen molar-refractivity contribution in [2.24, 2.45) is 0 Å². The van der Waals surface area contributed by atoms with Gasteiger partial charge < -0.3 is 25.7 Å². The first-order valence-corrected chi connectivity index (χ1v) is 14.8. The minimum absolute atomic E-state index is 0.552. The van der Waals surface area contributed by atoms with E-state index >= 15 is 0 Å². The summed E-state index contributed by atoms with van der Waals surface area (Å²) in [4.78, 5) is 32.8. The SMILES string of the molecule is CCCCCCCCCCCCCCCCCCNC(CC)N(C)C.O=C(O)CC(O)(CC(=O)O)C(=O)O. The fourth-order valence-corrected chi connectivity index (χ4v) is 4.35. The molecule has 38 heavy (non-hydrogen) atoms. The number of carboxylic acids is 3. The molecule has 0 aliphatic carbocycles. The zero-order valence-electron chi connectivity index (χ0n) is 24.7. The molecule has 0 aromatic rings. The summed E-state index contributed by atoms with van der Waals surface area (Å²) in [5.41, 5.74) is -2.74. The van der Waals surface area contributed by atoms with Gasteiger partial charge in [0, 0.05) is 0 Å². The molecule has 0 saturated heterocycles. The molecule has 0 aromatic carbocycles. The summed E-state index contributed by atoms with van der Waals surface area (Å²) in [6.45, 7) is 5.73. The second kappa shape index (κ2) is 25.6. The van der Waals surface area contributed by atoms with E-state index in [-0.39, 0.29) is 0 Å². The molecule has 0 spiro atoms. The van der Waals surface area contributed by atoms with Crippen molar-refractivity contribution < 1.29 is 34.8 Å². The first-order chi connectivity index (χ1) is 18.0. The molecular formula is C29H58N2O7. The highest BCUT2D eigenvalue weighted by atomic mass is 16.4. The Morgan fingerprint density at radius 3 is 1.26 bits per heavy atom. The summed E-state index contributed by atoms with van der Waals surface area (Å²) in [6.07, 6.45) is 22.6. The van der Waals surface area contributed by atoms with Crippen molar-refractivity contribution in [2.75, 3.05) is 20.6 Å². The van der Waals surface area contributed by atoms with Gasteiger partial charge in [0.15, 0.2) is 5.60 Å². The number of nitrogens with one attached hydrogen (secondary N) is 1. The van der Waals surface area contributed by atoms with Gasteiger partial charge in [0.25, 0.3) is 0 Å². The van der Waals surface area contributed by atoms with Gasteiger partial charge in [-0.1, -0.05) is 110 Å². The minimum atomic E-state index is -2.74. The Hall–Kier alpha value is -1.71. The summed E-state index contributed by atoms with van der Waals surface area (Å²) in [5.74, 6) is -5.02. The van der Waals surface area contributed by atoms with Gasteiger partial charge in [0.2, 0.25) is 0 Å². The van der Waals surface area contributed by atoms with Gasteiger partial charge in [-0.05, 0) is 33.5 Å². The van der Waals surface area contributed by atoms with Gasteiger partial charge in [0.1, 0.15) is 0 Å². The maximum absolute atomic E-state index is 10.3. The average molecular weight is 547 g/mol. The van der Waals surface area contributed by atoms with Crippen LogP contribution in [0.3, 0.4) is 0 Å². The maximum Gasteiger partial charge on any atom is 0.336 e. The molecule has 226 valence electrons. The Bertz CT molecular complexity index is 583. The van der Waals surface area contributed by atoms with Crippen LogP contribution in [-0.2, 0) is 14.4 Å². The third-order valence-electron chi connectivity index (χ3n) is 6.71. The molecule has 0 rings (SSSR count). The van der Waals surface area contributed by atoms with Crippen LogP contribution in [0.4, 0.5) is 0 Å². The lowest BCUT2D eigenvalue weighted by molar-refractivity contribution is -0.170. The smallest absolute Gasteiger partial charge is 0.336 e. The second-order valence-corrected chi connectivity index (χ2v) is 10.6. The average Bonchev–Trinajstić information content (AvgIpc) is 2.82. The molecule has 0 aromatic heterocycles. The first-order valence-electron chi connectivity index (χ1n) is 14.8. The van der Waals surface area contributed by atoms with Crippen LogP contribution < -0.4 is 5.32 Å². The fraction of sp³-hybridized carbons (Fsp3) is 0.897. The Labute approximate surface area is 231 Å². The van der Waals surface area contributed by atoms with Crippen LogP contribution in [0.15, 0.2) is 0 Å². The molecule has 0 bridgehead atoms. The molecule has 1 atom stereocenters. The monoisotopic (exact) mass is 546 g/mol. The summed E-state index contributed by atoms with van der Waals surface area (Å²) in [5, 5.41) is 37.5. The third-order valence-corrected chi connectivity index (χ3v) is 6.71. The highest BCUT2D eigenvalue weighted by Crippen LogP contribution is 2.16. The van der Waals surface area contributed by atoms with Crippen molar-refractivity contribution in [3.8, 4) is 0 Å². The highest BCUT2D eigenvalue weighted by Gasteiger charge is 2.40. The van der Waals surface area contributed by atoms with Gasteiger partial charge in [0.05, 0.1) is 19.0 Å². The van der Waals surface area contributed by atoms with Crippen LogP contribution in [0.25, 0.3) is 0 Å². The Morgan fingerprint density at radius 2 is 1.00 bits per heavy atom. The van der Waals surface area contributed by atoms with E-state index in [9.17, 15) is 14.4 Å². The van der Waals surface area contributed by atoms with Crippen LogP contribution in [0.1, 0.15) is 136 Å². The van der Waals surface area contributed by atoms with E-state index in [2.05, 4.69) is 38.2 Å². The molecule has 9 heteroatoms. The van der Waals surface area contributed by atoms with Crippen LogP contribution in [0, 0.1) is 0 Å². The lowest BCUT2D eigenvalue weighted by Gasteiger charge is -2.24. The topological polar surface area (TPSA) is 147 Å². The number of unbranched alkanes of at least 4 members (excludes halogenated alkanes) is 15. The molecule has 0 heterocycles. The number of carboxylic acid groups (broad SMARTS) is 3. The van der Waals surface area contributed by atoms with Crippen LogP contribution in [0.5, 0.6) is 0 Å². The zero-order valence-corrected chi connectivity index (χ0v) is 24.7. The fourth-order valence-electron chi connectivity index (χ4n) is 4.35. The summed E-state index contributed by atoms with van der Waals surface area (Å²) in [7, 11) is 4.32. The molecule has 0 aliphatic rings. The molecule has 9 nitrogen and oxygen atoms in total. The summed E-state index contributed by atoms with van der Waals surface area (Å²) >= 11 is 0. The van der Waals surface area contributed by atoms with E-state index in [1.165, 1.54) is 116 Å². The van der Waals surface area contributed by atoms with Crippen molar-refractivity contribution >= 4 is 17.9 Å². The second-order valence-electron chi connectivity index (χ2n) is 10.6. The molecular weight excluding hydrogens is 488 g/mol. The lowest BCUT2D eigenvalue weighted by Crippen LogP contribution is -2.42. The largest absolute Gasteiger partial charge is 0.481 e. The number of hydrogen-bond acceptors (Lipinski definition) is 6. The number of aliphatic hydroxyl groups is 1. The summed E-state index contributed by atoms with van der Waals surface area (Å²) < 4.78 is 0. The molecule has 0 radical (unpaired) electrons. The van der Waals surface area contributed by atoms with Crippen molar-refractivity contribution in [2.45, 2.75) is 148 Å². The molecule has 0 aliphatic heterocycles. The van der Waals surface area contributed by atoms with Crippen molar-refractivity contribution in [3.63, 3.8) is 0 Å². The van der Waals surface area contributed by atoms with Crippen molar-refractivity contribution in [3.05, 3.63) is 0 Å². The van der Waals surface area contributed by atoms with Crippen LogP contribution in [-0.4, -0.2) is 75.6 Å². The minimum Gasteiger partial charge on any atom is -0.481 e. The molecule has 0 fully saturated rings. The van der Waals surface area contributed by atoms with Gasteiger partial charge in [-0.2, -0.15) is 0 Å². The lowest BCUT2D eigenvalue weighted by atomic mass is 9.96. The van der Waals surface area contributed by atoms with E-state index in [0.717, 1.165) is 0 Å². The van der Waals surface area contributed by atoms with Crippen molar-refractivity contribution in [1.82, 2.24) is 10.2 Å².